The Balaban J connectivity index is 2.56. The van der Waals surface area contributed by atoms with Crippen LogP contribution in [0, 0.1) is 0 Å². The van der Waals surface area contributed by atoms with E-state index in [-0.39, 0.29) is 0 Å². The van der Waals surface area contributed by atoms with Crippen LogP contribution in [-0.4, -0.2) is 15.8 Å². The van der Waals surface area contributed by atoms with E-state index in [0.717, 1.165) is 0 Å². The second-order valence-electron chi connectivity index (χ2n) is 2.11. The summed E-state index contributed by atoms with van der Waals surface area (Å²) in [5.41, 5.74) is 0. The summed E-state index contributed by atoms with van der Waals surface area (Å²) in [6, 6.07) is 3.61. The van der Waals surface area contributed by atoms with E-state index >= 15 is 0 Å². The van der Waals surface area contributed by atoms with Crippen LogP contribution >= 0.6 is 0 Å². The maximum Gasteiger partial charge on any atom is 0.507 e. The van der Waals surface area contributed by atoms with Crippen molar-refractivity contribution in [2.45, 2.75) is 13.2 Å². The predicted octanol–water partition coefficient (Wildman–Crippen LogP) is 1.70. The van der Waals surface area contributed by atoms with Gasteiger partial charge in [-0.2, -0.15) is 0 Å². The van der Waals surface area contributed by atoms with Gasteiger partial charge in [-0.15, -0.1) is 0 Å². The number of hydrogen-bond acceptors (Lipinski definition) is 2. The van der Waals surface area contributed by atoms with E-state index in [4.69, 9.17) is 5.11 Å². The van der Waals surface area contributed by atoms with Crippen molar-refractivity contribution >= 4 is 6.16 Å². The predicted molar refractivity (Wildman–Crippen MR) is 38.3 cm³/mol. The van der Waals surface area contributed by atoms with Crippen molar-refractivity contribution in [3.8, 4) is 0 Å². The average molecular weight is 155 g/mol. The summed E-state index contributed by atoms with van der Waals surface area (Å²) in [7, 11) is 0. The smallest absolute Gasteiger partial charge is 0.450 e. The van der Waals surface area contributed by atoms with Crippen LogP contribution in [0.5, 0.6) is 0 Å². The molecule has 4 heteroatoms. The van der Waals surface area contributed by atoms with Crippen LogP contribution in [0.3, 0.4) is 0 Å². The molecule has 60 valence electrons. The fourth-order valence-electron chi connectivity index (χ4n) is 0.797. The Kier molecular flexibility index (Phi) is 2.15. The zero-order valence-electron chi connectivity index (χ0n) is 6.10. The largest absolute Gasteiger partial charge is 0.507 e. The Morgan fingerprint density at radius 2 is 2.09 bits per heavy atom. The lowest BCUT2D eigenvalue weighted by Gasteiger charge is -2.11. The van der Waals surface area contributed by atoms with E-state index in [0.29, 0.717) is 0 Å². The first-order valence-electron chi connectivity index (χ1n) is 3.22. The highest BCUT2D eigenvalue weighted by Crippen LogP contribution is 2.06. The summed E-state index contributed by atoms with van der Waals surface area (Å²) < 4.78 is 6.14. The second kappa shape index (κ2) is 3.09. The van der Waals surface area contributed by atoms with Gasteiger partial charge in [0.25, 0.3) is 0 Å². The molecule has 1 aromatic rings. The minimum atomic E-state index is -1.26. The topological polar surface area (TPSA) is 51.5 Å². The highest BCUT2D eigenvalue weighted by Gasteiger charge is 2.06. The molecule has 1 unspecified atom stereocenters. The Bertz CT molecular complexity index is 230. The van der Waals surface area contributed by atoms with E-state index < -0.39 is 12.4 Å². The van der Waals surface area contributed by atoms with Gasteiger partial charge in [0.1, 0.15) is 0 Å². The molecule has 0 aliphatic carbocycles. The molecule has 0 radical (unpaired) electrons. The first-order chi connectivity index (χ1) is 5.20. The maximum absolute atomic E-state index is 10.1. The molecule has 4 nitrogen and oxygen atoms in total. The van der Waals surface area contributed by atoms with Crippen molar-refractivity contribution in [3.63, 3.8) is 0 Å². The molecule has 0 fully saturated rings. The van der Waals surface area contributed by atoms with Crippen molar-refractivity contribution < 1.29 is 14.6 Å². The summed E-state index contributed by atoms with van der Waals surface area (Å²) in [5, 5.41) is 8.25. The van der Waals surface area contributed by atoms with E-state index in [1.165, 1.54) is 0 Å². The van der Waals surface area contributed by atoms with Crippen LogP contribution < -0.4 is 0 Å². The summed E-state index contributed by atoms with van der Waals surface area (Å²) in [6.45, 7) is 1.66. The Morgan fingerprint density at radius 3 is 2.55 bits per heavy atom. The minimum absolute atomic E-state index is 0.456. The van der Waals surface area contributed by atoms with Crippen LogP contribution in [0.25, 0.3) is 0 Å². The van der Waals surface area contributed by atoms with Crippen molar-refractivity contribution in [2.24, 2.45) is 0 Å². The van der Waals surface area contributed by atoms with Crippen LogP contribution in [0.15, 0.2) is 24.5 Å². The fourth-order valence-corrected chi connectivity index (χ4v) is 0.797. The molecule has 0 aromatic carbocycles. The molecular formula is C7H9NO3. The number of carbonyl (C=O) groups is 1. The molecular weight excluding hydrogens is 146 g/mol. The van der Waals surface area contributed by atoms with Crippen molar-refractivity contribution in [1.29, 1.82) is 0 Å². The van der Waals surface area contributed by atoms with Gasteiger partial charge in [0.05, 0.1) is 0 Å². The zero-order valence-corrected chi connectivity index (χ0v) is 6.10. The third kappa shape index (κ3) is 2.00. The summed E-state index contributed by atoms with van der Waals surface area (Å²) in [6.07, 6.45) is 1.77. The lowest BCUT2D eigenvalue weighted by molar-refractivity contribution is 0.0282. The van der Waals surface area contributed by atoms with Gasteiger partial charge in [-0.1, -0.05) is 0 Å². The lowest BCUT2D eigenvalue weighted by Crippen LogP contribution is -2.10. The van der Waals surface area contributed by atoms with E-state index in [1.807, 2.05) is 12.1 Å². The maximum atomic E-state index is 10.1. The molecule has 0 saturated heterocycles. The van der Waals surface area contributed by atoms with E-state index in [2.05, 4.69) is 4.74 Å². The minimum Gasteiger partial charge on any atom is -0.450 e. The molecule has 1 heterocycles. The molecule has 11 heavy (non-hydrogen) atoms. The normalized spacial score (nSPS) is 12.5. The third-order valence-electron chi connectivity index (χ3n) is 1.32. The van der Waals surface area contributed by atoms with E-state index in [1.54, 1.807) is 23.9 Å². The molecule has 1 aromatic heterocycles. The Hall–Kier alpha value is -1.45. The van der Waals surface area contributed by atoms with Crippen LogP contribution in [0.2, 0.25) is 0 Å². The molecule has 1 rings (SSSR count). The Morgan fingerprint density at radius 1 is 1.55 bits per heavy atom. The number of nitrogens with zero attached hydrogens (tertiary/aromatic N) is 1. The summed E-state index contributed by atoms with van der Waals surface area (Å²) in [5.74, 6) is 0. The lowest BCUT2D eigenvalue weighted by atomic mass is 10.6. The molecule has 1 N–H and O–H groups in total. The monoisotopic (exact) mass is 155 g/mol. The Labute approximate surface area is 64.0 Å². The summed E-state index contributed by atoms with van der Waals surface area (Å²) in [4.78, 5) is 10.1. The van der Waals surface area contributed by atoms with Crippen LogP contribution in [-0.2, 0) is 4.74 Å². The molecule has 0 saturated carbocycles. The van der Waals surface area contributed by atoms with Crippen molar-refractivity contribution in [2.75, 3.05) is 0 Å². The molecule has 1 atom stereocenters. The number of carboxylic acid groups (broad SMARTS) is 1. The van der Waals surface area contributed by atoms with Gasteiger partial charge >= 0.3 is 6.16 Å². The number of hydrogen-bond donors (Lipinski definition) is 1. The van der Waals surface area contributed by atoms with Gasteiger partial charge in [0.15, 0.2) is 6.23 Å². The average Bonchev–Trinajstić information content (AvgIpc) is 2.35. The second-order valence-corrected chi connectivity index (χ2v) is 2.11. The van der Waals surface area contributed by atoms with Gasteiger partial charge < -0.3 is 14.4 Å². The number of rotatable bonds is 2. The fraction of sp³-hybridized carbons (Fsp3) is 0.286. The van der Waals surface area contributed by atoms with Gasteiger partial charge in [-0.3, -0.25) is 0 Å². The molecule has 0 aliphatic heterocycles. The SMILES string of the molecule is CC(OC(=O)O)n1cccc1. The van der Waals surface area contributed by atoms with E-state index in [9.17, 15) is 4.79 Å². The van der Waals surface area contributed by atoms with Crippen molar-refractivity contribution in [3.05, 3.63) is 24.5 Å². The molecule has 0 spiro atoms. The summed E-state index contributed by atoms with van der Waals surface area (Å²) >= 11 is 0. The highest BCUT2D eigenvalue weighted by molar-refractivity contribution is 5.56. The molecule has 0 amide bonds. The molecule has 0 aliphatic rings. The van der Waals surface area contributed by atoms with Gasteiger partial charge in [0.2, 0.25) is 0 Å². The highest BCUT2D eigenvalue weighted by atomic mass is 16.7. The molecule has 0 bridgehead atoms. The van der Waals surface area contributed by atoms with Gasteiger partial charge in [-0.25, -0.2) is 4.79 Å². The van der Waals surface area contributed by atoms with Gasteiger partial charge in [0, 0.05) is 12.4 Å². The van der Waals surface area contributed by atoms with Gasteiger partial charge in [-0.05, 0) is 19.1 Å². The first-order valence-corrected chi connectivity index (χ1v) is 3.22. The van der Waals surface area contributed by atoms with Crippen LogP contribution in [0.4, 0.5) is 4.79 Å². The first kappa shape index (κ1) is 7.65. The standard InChI is InChI=1S/C7H9NO3/c1-6(11-7(9)10)8-4-2-3-5-8/h2-6H,1H3,(H,9,10). The van der Waals surface area contributed by atoms with Crippen LogP contribution in [0.1, 0.15) is 13.2 Å². The number of ether oxygens (including phenoxy) is 1. The third-order valence-corrected chi connectivity index (χ3v) is 1.32. The zero-order chi connectivity index (χ0) is 8.27. The van der Waals surface area contributed by atoms with Crippen molar-refractivity contribution in [1.82, 2.24) is 4.57 Å². The quantitative estimate of drug-likeness (QED) is 0.661. The number of aromatic nitrogens is 1.